The molecule has 0 saturated carbocycles. The van der Waals surface area contributed by atoms with Gasteiger partial charge in [0, 0.05) is 37.4 Å². The highest BCUT2D eigenvalue weighted by molar-refractivity contribution is 7.89. The number of primary sulfonamides is 1. The summed E-state index contributed by atoms with van der Waals surface area (Å²) < 4.78 is 28.2. The van der Waals surface area contributed by atoms with Crippen LogP contribution in [0.1, 0.15) is 12.2 Å². The molecule has 0 bridgehead atoms. The normalized spacial score (nSPS) is 15.3. The maximum atomic E-state index is 11.4. The number of nitrogens with zero attached hydrogens (tertiary/aromatic N) is 4. The number of hydrogen-bond acceptors (Lipinski definition) is 7. The molecule has 4 rings (SSSR count). The van der Waals surface area contributed by atoms with Crippen LogP contribution in [0.2, 0.25) is 0 Å². The Morgan fingerprint density at radius 3 is 2.53 bits per heavy atom. The Kier molecular flexibility index (Phi) is 6.80. The summed E-state index contributed by atoms with van der Waals surface area (Å²) in [6.45, 7) is 3.89. The van der Waals surface area contributed by atoms with Crippen LogP contribution in [0.25, 0.3) is 11.5 Å². The lowest BCUT2D eigenvalue weighted by Gasteiger charge is -2.24. The van der Waals surface area contributed by atoms with E-state index in [4.69, 9.17) is 21.9 Å². The van der Waals surface area contributed by atoms with Crippen LogP contribution in [0.5, 0.6) is 0 Å². The molecule has 3 aromatic rings. The average molecular weight is 473 g/mol. The van der Waals surface area contributed by atoms with Gasteiger partial charge in [0.1, 0.15) is 0 Å². The zero-order valence-electron chi connectivity index (χ0n) is 17.3. The number of aromatic nitrogens is 2. The fourth-order valence-corrected chi connectivity index (χ4v) is 4.29. The minimum Gasteiger partial charge on any atom is -0.348 e. The summed E-state index contributed by atoms with van der Waals surface area (Å²) in [5.41, 5.74) is 1.62. The van der Waals surface area contributed by atoms with Gasteiger partial charge in [-0.15, -0.1) is 0 Å². The summed E-state index contributed by atoms with van der Waals surface area (Å²) in [4.78, 5) is 8.97. The predicted molar refractivity (Wildman–Crippen MR) is 125 cm³/mol. The third kappa shape index (κ3) is 5.68. The fourth-order valence-electron chi connectivity index (χ4n) is 3.48. The zero-order valence-corrected chi connectivity index (χ0v) is 19.0. The lowest BCUT2D eigenvalue weighted by molar-refractivity contribution is 0.266. The topological polar surface area (TPSA) is 118 Å². The van der Waals surface area contributed by atoms with E-state index in [1.807, 2.05) is 30.3 Å². The van der Waals surface area contributed by atoms with E-state index in [1.54, 1.807) is 12.1 Å². The van der Waals surface area contributed by atoms with Gasteiger partial charge in [-0.25, -0.2) is 13.6 Å². The summed E-state index contributed by atoms with van der Waals surface area (Å²) in [6.07, 6.45) is 0.940. The molecule has 1 aliphatic rings. The molecule has 2 aromatic carbocycles. The molecule has 168 valence electrons. The molecule has 9 nitrogen and oxygen atoms in total. The molecule has 1 saturated heterocycles. The van der Waals surface area contributed by atoms with E-state index in [2.05, 4.69) is 25.3 Å². The molecule has 0 spiro atoms. The minimum absolute atomic E-state index is 0.0660. The van der Waals surface area contributed by atoms with Gasteiger partial charge < -0.3 is 14.7 Å². The molecule has 0 unspecified atom stereocenters. The number of nitrogens with two attached hydrogens (primary N) is 1. The van der Waals surface area contributed by atoms with E-state index in [0.29, 0.717) is 29.1 Å². The maximum absolute atomic E-state index is 11.4. The summed E-state index contributed by atoms with van der Waals surface area (Å²) >= 11 is 5.56. The van der Waals surface area contributed by atoms with Gasteiger partial charge in [0.05, 0.1) is 11.4 Å². The first kappa shape index (κ1) is 22.3. The highest BCUT2D eigenvalue weighted by atomic mass is 32.2. The average Bonchev–Trinajstić information content (AvgIpc) is 3.11. The van der Waals surface area contributed by atoms with Crippen molar-refractivity contribution >= 4 is 33.0 Å². The van der Waals surface area contributed by atoms with Crippen molar-refractivity contribution in [1.82, 2.24) is 19.9 Å². The van der Waals surface area contributed by atoms with Gasteiger partial charge in [-0.2, -0.15) is 4.98 Å². The SMILES string of the molecule is NS(=O)(=O)c1ccc(NC(=S)N2CCCN(Cc3noc(-c4ccccc4)n3)CC2)cc1. The molecular weight excluding hydrogens is 448 g/mol. The largest absolute Gasteiger partial charge is 0.348 e. The molecule has 0 atom stereocenters. The van der Waals surface area contributed by atoms with Crippen LogP contribution in [0.15, 0.2) is 64.0 Å². The van der Waals surface area contributed by atoms with Gasteiger partial charge in [-0.3, -0.25) is 4.90 Å². The number of benzene rings is 2. The molecule has 3 N–H and O–H groups in total. The van der Waals surface area contributed by atoms with Gasteiger partial charge in [0.25, 0.3) is 5.89 Å². The Morgan fingerprint density at radius 1 is 1.06 bits per heavy atom. The van der Waals surface area contributed by atoms with Crippen LogP contribution in [-0.2, 0) is 16.6 Å². The first-order valence-electron chi connectivity index (χ1n) is 10.2. The van der Waals surface area contributed by atoms with Gasteiger partial charge in [-0.05, 0) is 55.0 Å². The van der Waals surface area contributed by atoms with E-state index in [-0.39, 0.29) is 4.90 Å². The third-order valence-corrected chi connectivity index (χ3v) is 6.45. The van der Waals surface area contributed by atoms with E-state index in [0.717, 1.165) is 38.2 Å². The Labute approximate surface area is 192 Å². The molecule has 11 heteroatoms. The van der Waals surface area contributed by atoms with Crippen molar-refractivity contribution in [2.75, 3.05) is 31.5 Å². The smallest absolute Gasteiger partial charge is 0.257 e. The minimum atomic E-state index is -3.71. The van der Waals surface area contributed by atoms with Crippen LogP contribution in [0.4, 0.5) is 5.69 Å². The van der Waals surface area contributed by atoms with Crippen molar-refractivity contribution in [2.45, 2.75) is 17.9 Å². The summed E-state index contributed by atoms with van der Waals surface area (Å²) in [7, 11) is -3.71. The highest BCUT2D eigenvalue weighted by Gasteiger charge is 2.19. The number of nitrogens with one attached hydrogen (secondary N) is 1. The quantitative estimate of drug-likeness (QED) is 0.539. The zero-order chi connectivity index (χ0) is 22.6. The first-order chi connectivity index (χ1) is 15.4. The van der Waals surface area contributed by atoms with Crippen LogP contribution < -0.4 is 10.5 Å². The highest BCUT2D eigenvalue weighted by Crippen LogP contribution is 2.18. The molecule has 2 heterocycles. The molecule has 0 radical (unpaired) electrons. The summed E-state index contributed by atoms with van der Waals surface area (Å²) in [5.74, 6) is 1.18. The van der Waals surface area contributed by atoms with Crippen molar-refractivity contribution in [1.29, 1.82) is 0 Å². The molecule has 0 aliphatic carbocycles. The van der Waals surface area contributed by atoms with E-state index < -0.39 is 10.0 Å². The fraction of sp³-hybridized carbons (Fsp3) is 0.286. The predicted octanol–water partition coefficient (Wildman–Crippen LogP) is 2.29. The second-order valence-corrected chi connectivity index (χ2v) is 9.45. The van der Waals surface area contributed by atoms with Gasteiger partial charge in [0.2, 0.25) is 10.0 Å². The van der Waals surface area contributed by atoms with E-state index >= 15 is 0 Å². The van der Waals surface area contributed by atoms with Gasteiger partial charge in [-0.1, -0.05) is 23.4 Å². The Morgan fingerprint density at radius 2 is 1.81 bits per heavy atom. The molecular formula is C21H24N6O3S2. The number of anilines is 1. The van der Waals surface area contributed by atoms with Crippen LogP contribution in [0.3, 0.4) is 0 Å². The number of hydrogen-bond donors (Lipinski definition) is 2. The molecule has 1 aliphatic heterocycles. The van der Waals surface area contributed by atoms with Gasteiger partial charge >= 0.3 is 0 Å². The van der Waals surface area contributed by atoms with Crippen molar-refractivity contribution in [2.24, 2.45) is 5.14 Å². The number of rotatable bonds is 5. The number of thiocarbonyl (C=S) groups is 1. The summed E-state index contributed by atoms with van der Waals surface area (Å²) in [5, 5.41) is 13.0. The third-order valence-electron chi connectivity index (χ3n) is 5.16. The Bertz CT molecular complexity index is 1170. The molecule has 0 amide bonds. The van der Waals surface area contributed by atoms with E-state index in [9.17, 15) is 8.42 Å². The second kappa shape index (κ2) is 9.74. The van der Waals surface area contributed by atoms with Crippen LogP contribution in [0, 0.1) is 0 Å². The van der Waals surface area contributed by atoms with Crippen molar-refractivity contribution in [3.05, 3.63) is 60.4 Å². The van der Waals surface area contributed by atoms with Crippen molar-refractivity contribution < 1.29 is 12.9 Å². The monoisotopic (exact) mass is 472 g/mol. The lowest BCUT2D eigenvalue weighted by Crippen LogP contribution is -2.37. The second-order valence-electron chi connectivity index (χ2n) is 7.50. The van der Waals surface area contributed by atoms with Crippen molar-refractivity contribution in [3.63, 3.8) is 0 Å². The molecule has 1 fully saturated rings. The van der Waals surface area contributed by atoms with Crippen LogP contribution >= 0.6 is 12.2 Å². The standard InChI is InChI=1S/C21H24N6O3S2/c22-32(28,29)18-9-7-17(8-10-18)23-21(31)27-12-4-11-26(13-14-27)15-19-24-20(30-25-19)16-5-2-1-3-6-16/h1-3,5-10H,4,11-15H2,(H,23,31)(H2,22,28,29). The summed E-state index contributed by atoms with van der Waals surface area (Å²) in [6, 6.07) is 15.9. The van der Waals surface area contributed by atoms with Crippen molar-refractivity contribution in [3.8, 4) is 11.5 Å². The Balaban J connectivity index is 1.31. The van der Waals surface area contributed by atoms with Crippen LogP contribution in [-0.4, -0.2) is 59.6 Å². The molecule has 32 heavy (non-hydrogen) atoms. The number of sulfonamides is 1. The molecule has 1 aromatic heterocycles. The maximum Gasteiger partial charge on any atom is 0.257 e. The Hall–Kier alpha value is -2.86. The first-order valence-corrected chi connectivity index (χ1v) is 12.1. The van der Waals surface area contributed by atoms with E-state index in [1.165, 1.54) is 12.1 Å². The lowest BCUT2D eigenvalue weighted by atomic mass is 10.2. The van der Waals surface area contributed by atoms with Gasteiger partial charge in [0.15, 0.2) is 10.9 Å².